The number of hydrogen-bond donors (Lipinski definition) is 0. The molecule has 1 aromatic carbocycles. The van der Waals surface area contributed by atoms with Gasteiger partial charge in [0.15, 0.2) is 11.5 Å². The van der Waals surface area contributed by atoms with Crippen molar-refractivity contribution in [2.75, 3.05) is 0 Å². The van der Waals surface area contributed by atoms with Gasteiger partial charge in [-0.15, -0.1) is 0 Å². The molecular formula is C10H5BrF6O2. The lowest BCUT2D eigenvalue weighted by Crippen LogP contribution is -2.55. The van der Waals surface area contributed by atoms with Crippen molar-refractivity contribution >= 4 is 15.9 Å². The van der Waals surface area contributed by atoms with Crippen LogP contribution in [0, 0.1) is 0 Å². The number of alkyl halides is 6. The van der Waals surface area contributed by atoms with Crippen molar-refractivity contribution in [1.29, 1.82) is 0 Å². The summed E-state index contributed by atoms with van der Waals surface area (Å²) in [6.07, 6.45) is -12.7. The standard InChI is InChI=1S/C10H5BrF6O2/c11-5-1-2-6-7(3-5)19-8(18-6,10(15,16)17)4-9(12,13)14/h1-3H,4H2. The second-order valence-electron chi connectivity index (χ2n) is 3.84. The molecule has 0 spiro atoms. The monoisotopic (exact) mass is 350 g/mol. The van der Waals surface area contributed by atoms with Crippen LogP contribution in [0.2, 0.25) is 0 Å². The molecule has 0 N–H and O–H groups in total. The average molecular weight is 351 g/mol. The molecule has 1 aromatic rings. The van der Waals surface area contributed by atoms with E-state index in [1.165, 1.54) is 6.07 Å². The molecule has 2 nitrogen and oxygen atoms in total. The van der Waals surface area contributed by atoms with Crippen LogP contribution in [0.15, 0.2) is 22.7 Å². The Bertz CT molecular complexity index is 498. The summed E-state index contributed by atoms with van der Waals surface area (Å²) < 4.78 is 84.7. The summed E-state index contributed by atoms with van der Waals surface area (Å²) >= 11 is 2.98. The summed E-state index contributed by atoms with van der Waals surface area (Å²) in [5, 5.41) is 0. The zero-order valence-corrected chi connectivity index (χ0v) is 10.5. The Morgan fingerprint density at radius 1 is 1.00 bits per heavy atom. The molecule has 19 heavy (non-hydrogen) atoms. The maximum Gasteiger partial charge on any atom is 0.468 e. The highest BCUT2D eigenvalue weighted by atomic mass is 79.9. The predicted molar refractivity (Wildman–Crippen MR) is 54.9 cm³/mol. The number of fused-ring (bicyclic) bond motifs is 1. The molecule has 2 rings (SSSR count). The van der Waals surface area contributed by atoms with Gasteiger partial charge in [0, 0.05) is 4.47 Å². The maximum atomic E-state index is 12.8. The first kappa shape index (κ1) is 14.3. The van der Waals surface area contributed by atoms with E-state index >= 15 is 0 Å². The largest absolute Gasteiger partial charge is 0.468 e. The summed E-state index contributed by atoms with van der Waals surface area (Å²) in [6.45, 7) is 0. The van der Waals surface area contributed by atoms with Crippen LogP contribution in [0.5, 0.6) is 11.5 Å². The zero-order chi connectivity index (χ0) is 14.5. The Kier molecular flexibility index (Phi) is 3.15. The summed E-state index contributed by atoms with van der Waals surface area (Å²) in [7, 11) is 0. The summed E-state index contributed by atoms with van der Waals surface area (Å²) in [5.41, 5.74) is 0. The van der Waals surface area contributed by atoms with E-state index in [0.717, 1.165) is 12.1 Å². The Morgan fingerprint density at radius 3 is 2.11 bits per heavy atom. The van der Waals surface area contributed by atoms with Crippen molar-refractivity contribution in [2.45, 2.75) is 24.6 Å². The van der Waals surface area contributed by atoms with Gasteiger partial charge in [0.25, 0.3) is 0 Å². The lowest BCUT2D eigenvalue weighted by atomic mass is 10.2. The van der Waals surface area contributed by atoms with Crippen molar-refractivity contribution in [3.05, 3.63) is 22.7 Å². The maximum absolute atomic E-state index is 12.8. The van der Waals surface area contributed by atoms with Crippen LogP contribution in [0.25, 0.3) is 0 Å². The molecule has 1 heterocycles. The van der Waals surface area contributed by atoms with Crippen molar-refractivity contribution in [3.8, 4) is 11.5 Å². The van der Waals surface area contributed by atoms with Gasteiger partial charge in [-0.25, -0.2) is 0 Å². The molecule has 0 radical (unpaired) electrons. The molecule has 0 saturated heterocycles. The fourth-order valence-electron chi connectivity index (χ4n) is 1.57. The number of benzene rings is 1. The highest BCUT2D eigenvalue weighted by Crippen LogP contribution is 2.51. The summed E-state index contributed by atoms with van der Waals surface area (Å²) in [6, 6.07) is 3.55. The molecule has 0 aromatic heterocycles. The molecule has 1 unspecified atom stereocenters. The Hall–Kier alpha value is -1.12. The van der Waals surface area contributed by atoms with Gasteiger partial charge >= 0.3 is 18.1 Å². The van der Waals surface area contributed by atoms with E-state index in [-0.39, 0.29) is 5.75 Å². The minimum absolute atomic E-state index is 0.361. The van der Waals surface area contributed by atoms with Crippen LogP contribution >= 0.6 is 15.9 Å². The molecule has 0 saturated carbocycles. The highest BCUT2D eigenvalue weighted by molar-refractivity contribution is 9.10. The van der Waals surface area contributed by atoms with Crippen molar-refractivity contribution < 1.29 is 35.8 Å². The van der Waals surface area contributed by atoms with Crippen molar-refractivity contribution in [2.24, 2.45) is 0 Å². The molecule has 0 bridgehead atoms. The molecule has 1 atom stereocenters. The van der Waals surface area contributed by atoms with E-state index in [1.54, 1.807) is 0 Å². The Morgan fingerprint density at radius 2 is 1.58 bits per heavy atom. The fourth-order valence-corrected chi connectivity index (χ4v) is 1.91. The molecule has 1 aliphatic heterocycles. The first-order chi connectivity index (χ1) is 8.52. The summed E-state index contributed by atoms with van der Waals surface area (Å²) in [5.74, 6) is -4.50. The van der Waals surface area contributed by atoms with Crippen molar-refractivity contribution in [1.82, 2.24) is 0 Å². The van der Waals surface area contributed by atoms with E-state index < -0.39 is 30.3 Å². The lowest BCUT2D eigenvalue weighted by Gasteiger charge is -2.30. The van der Waals surface area contributed by atoms with Crippen LogP contribution < -0.4 is 9.47 Å². The molecule has 0 amide bonds. The van der Waals surface area contributed by atoms with E-state index in [4.69, 9.17) is 0 Å². The first-order valence-electron chi connectivity index (χ1n) is 4.83. The Labute approximate surface area is 111 Å². The molecular weight excluding hydrogens is 346 g/mol. The van der Waals surface area contributed by atoms with Crippen LogP contribution in [-0.2, 0) is 0 Å². The second-order valence-corrected chi connectivity index (χ2v) is 4.75. The van der Waals surface area contributed by atoms with Gasteiger partial charge in [-0.05, 0) is 18.2 Å². The van der Waals surface area contributed by atoms with Crippen molar-refractivity contribution in [3.63, 3.8) is 0 Å². The number of rotatable bonds is 1. The van der Waals surface area contributed by atoms with Crippen LogP contribution in [-0.4, -0.2) is 18.1 Å². The zero-order valence-electron chi connectivity index (χ0n) is 8.90. The smallest absolute Gasteiger partial charge is 0.440 e. The number of hydrogen-bond acceptors (Lipinski definition) is 2. The van der Waals surface area contributed by atoms with Gasteiger partial charge in [-0.2, -0.15) is 26.3 Å². The SMILES string of the molecule is FC(F)(F)CC1(C(F)(F)F)Oc2ccc(Br)cc2O1. The molecule has 1 aliphatic rings. The third-order valence-electron chi connectivity index (χ3n) is 2.32. The molecule has 0 fully saturated rings. The van der Waals surface area contributed by atoms with Crippen LogP contribution in [0.4, 0.5) is 26.3 Å². The van der Waals surface area contributed by atoms with E-state index in [0.29, 0.717) is 4.47 Å². The van der Waals surface area contributed by atoms with Gasteiger partial charge < -0.3 is 9.47 Å². The minimum atomic E-state index is -5.33. The Balaban J connectivity index is 2.40. The van der Waals surface area contributed by atoms with Gasteiger partial charge in [0.05, 0.1) is 0 Å². The van der Waals surface area contributed by atoms with E-state index in [1.807, 2.05) is 0 Å². The fraction of sp³-hybridized carbons (Fsp3) is 0.400. The quantitative estimate of drug-likeness (QED) is 0.697. The number of ether oxygens (including phenoxy) is 2. The van der Waals surface area contributed by atoms with Gasteiger partial charge in [0.1, 0.15) is 6.42 Å². The molecule has 106 valence electrons. The first-order valence-corrected chi connectivity index (χ1v) is 5.63. The lowest BCUT2D eigenvalue weighted by molar-refractivity contribution is -0.338. The second kappa shape index (κ2) is 4.19. The third kappa shape index (κ3) is 2.75. The minimum Gasteiger partial charge on any atom is -0.440 e. The van der Waals surface area contributed by atoms with Gasteiger partial charge in [0.2, 0.25) is 0 Å². The normalized spacial score (nSPS) is 22.7. The third-order valence-corrected chi connectivity index (χ3v) is 2.81. The summed E-state index contributed by atoms with van der Waals surface area (Å²) in [4.78, 5) is 0. The van der Waals surface area contributed by atoms with Gasteiger partial charge in [-0.1, -0.05) is 15.9 Å². The van der Waals surface area contributed by atoms with E-state index in [9.17, 15) is 26.3 Å². The predicted octanol–water partition coefficient (Wildman–Crippen LogP) is 4.43. The van der Waals surface area contributed by atoms with Gasteiger partial charge in [-0.3, -0.25) is 0 Å². The van der Waals surface area contributed by atoms with Crippen LogP contribution in [0.1, 0.15) is 6.42 Å². The van der Waals surface area contributed by atoms with Crippen LogP contribution in [0.3, 0.4) is 0 Å². The molecule has 9 heteroatoms. The topological polar surface area (TPSA) is 18.5 Å². The average Bonchev–Trinajstić information content (AvgIpc) is 2.52. The number of halogens is 7. The molecule has 0 aliphatic carbocycles. The van der Waals surface area contributed by atoms with E-state index in [2.05, 4.69) is 25.4 Å². The highest BCUT2D eigenvalue weighted by Gasteiger charge is 2.67.